The molecule has 3 aromatic carbocycles. The summed E-state index contributed by atoms with van der Waals surface area (Å²) in [6, 6.07) is 17.1. The van der Waals surface area contributed by atoms with Crippen LogP contribution in [0.15, 0.2) is 82.2 Å². The molecule has 10 heteroatoms. The van der Waals surface area contributed by atoms with Gasteiger partial charge in [-0.3, -0.25) is 0 Å². The maximum atomic E-state index is 14.3. The number of aromatic nitrogens is 1. The Labute approximate surface area is 215 Å². The first kappa shape index (κ1) is 26.2. The molecule has 0 saturated heterocycles. The number of benzene rings is 3. The lowest BCUT2D eigenvalue weighted by atomic mass is 10.2. The summed E-state index contributed by atoms with van der Waals surface area (Å²) in [7, 11) is 0. The van der Waals surface area contributed by atoms with Crippen LogP contribution < -0.4 is 14.4 Å². The third-order valence-electron chi connectivity index (χ3n) is 5.53. The van der Waals surface area contributed by atoms with Crippen LogP contribution in [0.25, 0.3) is 11.3 Å². The lowest BCUT2D eigenvalue weighted by Crippen LogP contribution is -2.21. The number of anilines is 1. The first-order chi connectivity index (χ1) is 17.9. The minimum absolute atomic E-state index is 0.0237. The van der Waals surface area contributed by atoms with Crippen molar-refractivity contribution in [2.45, 2.75) is 20.5 Å². The Hall–Kier alpha value is -3.92. The number of nitrogens with zero attached hydrogens (tertiary/aromatic N) is 4. The largest absolute Gasteiger partial charge is 0.435 e. The number of ether oxygens (including phenoxy) is 1. The van der Waals surface area contributed by atoms with Crippen molar-refractivity contribution in [2.24, 2.45) is 10.1 Å². The Morgan fingerprint density at radius 3 is 2.30 bits per heavy atom. The van der Waals surface area contributed by atoms with Crippen LogP contribution >= 0.6 is 11.3 Å². The maximum Gasteiger partial charge on any atom is 0.387 e. The van der Waals surface area contributed by atoms with Gasteiger partial charge < -0.3 is 9.64 Å². The fourth-order valence-corrected chi connectivity index (χ4v) is 4.50. The second-order valence-corrected chi connectivity index (χ2v) is 8.67. The summed E-state index contributed by atoms with van der Waals surface area (Å²) in [5.41, 5.74) is 3.15. The lowest BCUT2D eigenvalue weighted by molar-refractivity contribution is -0.0498. The van der Waals surface area contributed by atoms with E-state index in [-0.39, 0.29) is 11.4 Å². The van der Waals surface area contributed by atoms with E-state index in [0.717, 1.165) is 36.5 Å². The van der Waals surface area contributed by atoms with Crippen LogP contribution in [0.4, 0.5) is 28.9 Å². The van der Waals surface area contributed by atoms with Crippen LogP contribution in [0.2, 0.25) is 0 Å². The van der Waals surface area contributed by atoms with E-state index in [0.29, 0.717) is 16.1 Å². The Bertz CT molecular complexity index is 1430. The zero-order valence-corrected chi connectivity index (χ0v) is 20.9. The van der Waals surface area contributed by atoms with Gasteiger partial charge in [-0.25, -0.2) is 18.4 Å². The van der Waals surface area contributed by atoms with E-state index in [9.17, 15) is 17.6 Å². The van der Waals surface area contributed by atoms with Crippen molar-refractivity contribution in [3.8, 4) is 17.0 Å². The average molecular weight is 529 g/mol. The second-order valence-electron chi connectivity index (χ2n) is 7.83. The minimum atomic E-state index is -2.93. The number of rotatable bonds is 9. The molecule has 0 radical (unpaired) electrons. The molecular weight excluding hydrogens is 504 g/mol. The summed E-state index contributed by atoms with van der Waals surface area (Å²) >= 11 is 1.21. The predicted octanol–water partition coefficient (Wildman–Crippen LogP) is 7.06. The predicted molar refractivity (Wildman–Crippen MR) is 139 cm³/mol. The van der Waals surface area contributed by atoms with E-state index >= 15 is 0 Å². The molecule has 1 heterocycles. The molecule has 0 aliphatic heterocycles. The van der Waals surface area contributed by atoms with Gasteiger partial charge in [0.2, 0.25) is 4.80 Å². The monoisotopic (exact) mass is 528 g/mol. The molecule has 4 rings (SSSR count). The molecule has 0 amide bonds. The smallest absolute Gasteiger partial charge is 0.387 e. The van der Waals surface area contributed by atoms with Gasteiger partial charge in [-0.2, -0.15) is 13.9 Å². The third-order valence-corrected chi connectivity index (χ3v) is 6.35. The van der Waals surface area contributed by atoms with Gasteiger partial charge >= 0.3 is 6.61 Å². The third kappa shape index (κ3) is 6.45. The Balaban J connectivity index is 1.75. The van der Waals surface area contributed by atoms with Crippen molar-refractivity contribution in [3.63, 3.8) is 0 Å². The van der Waals surface area contributed by atoms with Gasteiger partial charge in [-0.1, -0.05) is 12.1 Å². The molecule has 0 N–H and O–H groups in total. The number of hydrogen-bond donors (Lipinski definition) is 0. The highest BCUT2D eigenvalue weighted by atomic mass is 32.1. The SMILES string of the molecule is CCN(CC)c1ccc(/C=N/n2c(-c3ccc(OC(F)F)cc3)csc2=Nc2ccc(F)cc2F)cc1. The summed E-state index contributed by atoms with van der Waals surface area (Å²) in [5, 5.41) is 6.36. The van der Waals surface area contributed by atoms with Gasteiger partial charge in [0, 0.05) is 35.8 Å². The van der Waals surface area contributed by atoms with Gasteiger partial charge in [0.1, 0.15) is 17.3 Å². The van der Waals surface area contributed by atoms with Crippen molar-refractivity contribution in [1.82, 2.24) is 4.68 Å². The van der Waals surface area contributed by atoms with E-state index < -0.39 is 18.2 Å². The van der Waals surface area contributed by atoms with E-state index in [1.165, 1.54) is 34.2 Å². The molecule has 0 aliphatic carbocycles. The van der Waals surface area contributed by atoms with Crippen molar-refractivity contribution in [2.75, 3.05) is 18.0 Å². The van der Waals surface area contributed by atoms with E-state index in [1.54, 1.807) is 23.7 Å². The molecule has 0 fully saturated rings. The zero-order chi connectivity index (χ0) is 26.4. The highest BCUT2D eigenvalue weighted by Gasteiger charge is 2.11. The number of thiazole rings is 1. The summed E-state index contributed by atoms with van der Waals surface area (Å²) < 4.78 is 58.7. The van der Waals surface area contributed by atoms with Crippen molar-refractivity contribution < 1.29 is 22.3 Å². The Morgan fingerprint density at radius 1 is 0.973 bits per heavy atom. The fourth-order valence-electron chi connectivity index (χ4n) is 3.65. The average Bonchev–Trinajstić information content (AvgIpc) is 3.28. The highest BCUT2D eigenvalue weighted by molar-refractivity contribution is 7.07. The lowest BCUT2D eigenvalue weighted by Gasteiger charge is -2.20. The summed E-state index contributed by atoms with van der Waals surface area (Å²) in [5.74, 6) is -1.48. The zero-order valence-electron chi connectivity index (χ0n) is 20.1. The molecule has 5 nitrogen and oxygen atoms in total. The van der Waals surface area contributed by atoms with Gasteiger partial charge in [0.15, 0.2) is 5.82 Å². The van der Waals surface area contributed by atoms with E-state index in [4.69, 9.17) is 0 Å². The molecule has 37 heavy (non-hydrogen) atoms. The maximum absolute atomic E-state index is 14.3. The molecule has 0 bridgehead atoms. The van der Waals surface area contributed by atoms with Crippen LogP contribution in [0.1, 0.15) is 19.4 Å². The Kier molecular flexibility index (Phi) is 8.39. The summed E-state index contributed by atoms with van der Waals surface area (Å²) in [6.45, 7) is 3.04. The molecule has 0 saturated carbocycles. The fraction of sp³-hybridized carbons (Fsp3) is 0.185. The number of alkyl halides is 2. The van der Waals surface area contributed by atoms with Crippen LogP contribution in [-0.4, -0.2) is 30.6 Å². The molecule has 0 aliphatic rings. The second kappa shape index (κ2) is 11.9. The minimum Gasteiger partial charge on any atom is -0.435 e. The molecule has 0 atom stereocenters. The van der Waals surface area contributed by atoms with Crippen LogP contribution in [0, 0.1) is 11.6 Å². The molecule has 0 spiro atoms. The van der Waals surface area contributed by atoms with Gasteiger partial charge in [-0.15, -0.1) is 11.3 Å². The van der Waals surface area contributed by atoms with E-state index in [2.05, 4.69) is 33.6 Å². The molecule has 1 aromatic heterocycles. The van der Waals surface area contributed by atoms with Crippen LogP contribution in [0.5, 0.6) is 5.75 Å². The molecule has 4 aromatic rings. The summed E-state index contributed by atoms with van der Waals surface area (Å²) in [4.78, 5) is 6.91. The topological polar surface area (TPSA) is 42.1 Å². The van der Waals surface area contributed by atoms with Crippen LogP contribution in [0.3, 0.4) is 0 Å². The van der Waals surface area contributed by atoms with Crippen molar-refractivity contribution in [3.05, 3.63) is 94.1 Å². The Morgan fingerprint density at radius 2 is 1.68 bits per heavy atom. The normalized spacial score (nSPS) is 12.0. The van der Waals surface area contributed by atoms with Crippen molar-refractivity contribution >= 4 is 28.9 Å². The number of halogens is 4. The number of hydrogen-bond acceptors (Lipinski definition) is 5. The highest BCUT2D eigenvalue weighted by Crippen LogP contribution is 2.25. The van der Waals surface area contributed by atoms with Gasteiger partial charge in [-0.05, 0) is 67.9 Å². The molecular formula is C27H24F4N4OS. The summed E-state index contributed by atoms with van der Waals surface area (Å²) in [6.07, 6.45) is 1.65. The quantitative estimate of drug-likeness (QED) is 0.172. The first-order valence-corrected chi connectivity index (χ1v) is 12.4. The molecule has 192 valence electrons. The van der Waals surface area contributed by atoms with Gasteiger partial charge in [0.05, 0.1) is 11.9 Å². The van der Waals surface area contributed by atoms with E-state index in [1.807, 2.05) is 24.3 Å². The van der Waals surface area contributed by atoms with Gasteiger partial charge in [0.25, 0.3) is 0 Å². The standard InChI is InChI=1S/C27H24F4N4OS/c1-3-34(4-2)21-10-5-18(6-11-21)16-32-35-25(19-7-12-22(13-8-19)36-26(30)31)17-37-27(35)33-24-14-9-20(28)15-23(24)29/h5-17,26H,3-4H2,1-2H3/b32-16+,33-27?. The first-order valence-electron chi connectivity index (χ1n) is 11.5. The molecule has 0 unspecified atom stereocenters. The van der Waals surface area contributed by atoms with Crippen LogP contribution in [-0.2, 0) is 0 Å². The van der Waals surface area contributed by atoms with Crippen molar-refractivity contribution in [1.29, 1.82) is 0 Å².